The summed E-state index contributed by atoms with van der Waals surface area (Å²) in [6, 6.07) is 13.7. The molecule has 3 aromatic rings. The zero-order chi connectivity index (χ0) is 13.4. The highest BCUT2D eigenvalue weighted by atomic mass is 32.1. The van der Waals surface area contributed by atoms with Gasteiger partial charge in [-0.05, 0) is 42.8 Å². The number of aromatic nitrogens is 3. The van der Waals surface area contributed by atoms with Gasteiger partial charge in [0.2, 0.25) is 0 Å². The topological polar surface area (TPSA) is 56.7 Å². The number of para-hydroxylation sites is 1. The summed E-state index contributed by atoms with van der Waals surface area (Å²) in [5, 5.41) is 8.33. The summed E-state index contributed by atoms with van der Waals surface area (Å²) < 4.78 is 1.81. The molecule has 0 saturated carbocycles. The van der Waals surface area contributed by atoms with Gasteiger partial charge in [0.05, 0.1) is 11.2 Å². The molecule has 1 aromatic heterocycles. The molecule has 3 rings (SSSR count). The van der Waals surface area contributed by atoms with E-state index in [2.05, 4.69) is 10.3 Å². The van der Waals surface area contributed by atoms with Gasteiger partial charge in [-0.3, -0.25) is 0 Å². The molecule has 0 aliphatic carbocycles. The Labute approximate surface area is 115 Å². The fourth-order valence-electron chi connectivity index (χ4n) is 2.12. The summed E-state index contributed by atoms with van der Waals surface area (Å²) in [5.74, 6) is 0. The van der Waals surface area contributed by atoms with Gasteiger partial charge in [0.1, 0.15) is 10.5 Å². The van der Waals surface area contributed by atoms with Gasteiger partial charge in [0.25, 0.3) is 0 Å². The van der Waals surface area contributed by atoms with Crippen molar-refractivity contribution in [2.75, 3.05) is 0 Å². The Morgan fingerprint density at radius 2 is 2.00 bits per heavy atom. The minimum absolute atomic E-state index is 0.410. The summed E-state index contributed by atoms with van der Waals surface area (Å²) in [4.78, 5) is 0.410. The molecule has 2 N–H and O–H groups in total. The minimum Gasteiger partial charge on any atom is -0.389 e. The first-order valence-electron chi connectivity index (χ1n) is 5.88. The van der Waals surface area contributed by atoms with E-state index in [9.17, 15) is 0 Å². The van der Waals surface area contributed by atoms with E-state index in [-0.39, 0.29) is 0 Å². The quantitative estimate of drug-likeness (QED) is 0.725. The number of benzene rings is 2. The van der Waals surface area contributed by atoms with E-state index in [0.717, 1.165) is 27.8 Å². The molecule has 19 heavy (non-hydrogen) atoms. The largest absolute Gasteiger partial charge is 0.389 e. The Balaban J connectivity index is 2.17. The first-order chi connectivity index (χ1) is 9.16. The number of hydrogen-bond acceptors (Lipinski definition) is 3. The highest BCUT2D eigenvalue weighted by Gasteiger charge is 2.08. The Bertz CT molecular complexity index is 776. The van der Waals surface area contributed by atoms with Crippen LogP contribution in [0.2, 0.25) is 0 Å². The van der Waals surface area contributed by atoms with E-state index in [1.54, 1.807) is 0 Å². The number of fused-ring (bicyclic) bond motifs is 1. The molecule has 0 aliphatic heterocycles. The Morgan fingerprint density at radius 3 is 2.74 bits per heavy atom. The van der Waals surface area contributed by atoms with Crippen molar-refractivity contribution in [2.45, 2.75) is 6.92 Å². The zero-order valence-electron chi connectivity index (χ0n) is 10.4. The lowest BCUT2D eigenvalue weighted by Gasteiger charge is -2.07. The average Bonchev–Trinajstić information content (AvgIpc) is 2.82. The predicted octanol–water partition coefficient (Wildman–Crippen LogP) is 2.36. The molecule has 0 fully saturated rings. The molecule has 1 heterocycles. The number of thiocarbonyl (C=S) groups is 1. The fraction of sp³-hybridized carbons (Fsp3) is 0.0714. The van der Waals surface area contributed by atoms with Gasteiger partial charge in [-0.1, -0.05) is 29.6 Å². The standard InChI is InChI=1S/C14H12N4S/c1-9-8-10(6-7-11(9)14(15)19)18-13-5-3-2-4-12(13)16-17-18/h2-8H,1H3,(H2,15,19). The normalized spacial score (nSPS) is 10.8. The van der Waals surface area contributed by atoms with Gasteiger partial charge in [0.15, 0.2) is 0 Å². The van der Waals surface area contributed by atoms with E-state index in [4.69, 9.17) is 18.0 Å². The second kappa shape index (κ2) is 4.44. The smallest absolute Gasteiger partial charge is 0.113 e. The van der Waals surface area contributed by atoms with Crippen molar-refractivity contribution >= 4 is 28.2 Å². The van der Waals surface area contributed by atoms with E-state index < -0.39 is 0 Å². The molecule has 0 aliphatic rings. The summed E-state index contributed by atoms with van der Waals surface area (Å²) in [5.41, 5.74) is 10.4. The molecule has 94 valence electrons. The molecule has 5 heteroatoms. The number of hydrogen-bond donors (Lipinski definition) is 1. The molecule has 0 amide bonds. The summed E-state index contributed by atoms with van der Waals surface area (Å²) >= 11 is 5.01. The second-order valence-electron chi connectivity index (χ2n) is 4.35. The highest BCUT2D eigenvalue weighted by molar-refractivity contribution is 7.80. The van der Waals surface area contributed by atoms with Gasteiger partial charge in [-0.15, -0.1) is 5.10 Å². The first kappa shape index (κ1) is 11.8. The van der Waals surface area contributed by atoms with Crippen molar-refractivity contribution in [1.29, 1.82) is 0 Å². The summed E-state index contributed by atoms with van der Waals surface area (Å²) in [6.45, 7) is 1.98. The zero-order valence-corrected chi connectivity index (χ0v) is 11.2. The van der Waals surface area contributed by atoms with Gasteiger partial charge in [-0.2, -0.15) is 0 Å². The number of nitrogens with zero attached hydrogens (tertiary/aromatic N) is 3. The van der Waals surface area contributed by atoms with E-state index in [0.29, 0.717) is 4.99 Å². The van der Waals surface area contributed by atoms with Crippen molar-refractivity contribution in [2.24, 2.45) is 5.73 Å². The third kappa shape index (κ3) is 1.98. The van der Waals surface area contributed by atoms with Gasteiger partial charge in [-0.25, -0.2) is 4.68 Å². The van der Waals surface area contributed by atoms with Gasteiger partial charge >= 0.3 is 0 Å². The van der Waals surface area contributed by atoms with Crippen molar-refractivity contribution in [1.82, 2.24) is 15.0 Å². The molecular formula is C14H12N4S. The second-order valence-corrected chi connectivity index (χ2v) is 4.79. The fourth-order valence-corrected chi connectivity index (χ4v) is 2.34. The maximum absolute atomic E-state index is 5.67. The lowest BCUT2D eigenvalue weighted by molar-refractivity contribution is 0.823. The van der Waals surface area contributed by atoms with Crippen molar-refractivity contribution in [3.63, 3.8) is 0 Å². The van der Waals surface area contributed by atoms with E-state index in [1.807, 2.05) is 54.1 Å². The molecule has 0 unspecified atom stereocenters. The van der Waals surface area contributed by atoms with Crippen LogP contribution < -0.4 is 5.73 Å². The number of rotatable bonds is 2. The SMILES string of the molecule is Cc1cc(-n2nnc3ccccc32)ccc1C(N)=S. The lowest BCUT2D eigenvalue weighted by Crippen LogP contribution is -2.11. The molecule has 0 atom stereocenters. The number of nitrogens with two attached hydrogens (primary N) is 1. The summed E-state index contributed by atoms with van der Waals surface area (Å²) in [6.07, 6.45) is 0. The molecule has 0 bridgehead atoms. The molecule has 2 aromatic carbocycles. The molecule has 4 nitrogen and oxygen atoms in total. The van der Waals surface area contributed by atoms with Crippen LogP contribution in [0.1, 0.15) is 11.1 Å². The van der Waals surface area contributed by atoms with E-state index in [1.165, 1.54) is 0 Å². The van der Waals surface area contributed by atoms with E-state index >= 15 is 0 Å². The van der Waals surface area contributed by atoms with Crippen molar-refractivity contribution in [3.8, 4) is 5.69 Å². The average molecular weight is 268 g/mol. The highest BCUT2D eigenvalue weighted by Crippen LogP contribution is 2.18. The first-order valence-corrected chi connectivity index (χ1v) is 6.29. The van der Waals surface area contributed by atoms with Crippen molar-refractivity contribution in [3.05, 3.63) is 53.6 Å². The van der Waals surface area contributed by atoms with Gasteiger partial charge < -0.3 is 5.73 Å². The molecule has 0 radical (unpaired) electrons. The minimum atomic E-state index is 0.410. The lowest BCUT2D eigenvalue weighted by atomic mass is 10.1. The van der Waals surface area contributed by atoms with Crippen LogP contribution in [0.4, 0.5) is 0 Å². The third-order valence-electron chi connectivity index (χ3n) is 3.07. The van der Waals surface area contributed by atoms with Crippen LogP contribution in [-0.4, -0.2) is 20.0 Å². The Hall–Kier alpha value is -2.27. The molecule has 0 spiro atoms. The van der Waals surface area contributed by atoms with Crippen LogP contribution >= 0.6 is 12.2 Å². The third-order valence-corrected chi connectivity index (χ3v) is 3.29. The molecular weight excluding hydrogens is 256 g/mol. The Morgan fingerprint density at radius 1 is 1.21 bits per heavy atom. The van der Waals surface area contributed by atoms with Crippen LogP contribution in [0.3, 0.4) is 0 Å². The van der Waals surface area contributed by atoms with Gasteiger partial charge in [0, 0.05) is 5.56 Å². The van der Waals surface area contributed by atoms with Crippen LogP contribution in [0, 0.1) is 6.92 Å². The molecule has 0 saturated heterocycles. The van der Waals surface area contributed by atoms with Crippen LogP contribution in [0.5, 0.6) is 0 Å². The maximum atomic E-state index is 5.67. The van der Waals surface area contributed by atoms with Crippen LogP contribution in [0.15, 0.2) is 42.5 Å². The van der Waals surface area contributed by atoms with Crippen LogP contribution in [0.25, 0.3) is 16.7 Å². The monoisotopic (exact) mass is 268 g/mol. The van der Waals surface area contributed by atoms with Crippen molar-refractivity contribution < 1.29 is 0 Å². The summed E-state index contributed by atoms with van der Waals surface area (Å²) in [7, 11) is 0. The number of aryl methyl sites for hydroxylation is 1. The Kier molecular flexibility index (Phi) is 2.76. The predicted molar refractivity (Wildman–Crippen MR) is 79.5 cm³/mol. The maximum Gasteiger partial charge on any atom is 0.113 e. The van der Waals surface area contributed by atoms with Crippen LogP contribution in [-0.2, 0) is 0 Å².